The Kier molecular flexibility index (Phi) is 4.77. The third-order valence-corrected chi connectivity index (χ3v) is 4.62. The molecule has 1 atom stereocenters. The molecule has 0 radical (unpaired) electrons. The van der Waals surface area contributed by atoms with Crippen molar-refractivity contribution in [1.29, 1.82) is 0 Å². The minimum Gasteiger partial charge on any atom is -0.329 e. The third-order valence-electron chi connectivity index (χ3n) is 2.99. The van der Waals surface area contributed by atoms with Gasteiger partial charge in [0.25, 0.3) is 0 Å². The third kappa shape index (κ3) is 3.55. The Hall–Kier alpha value is 0.1000. The molecule has 1 rings (SSSR count). The van der Waals surface area contributed by atoms with Crippen molar-refractivity contribution in [1.82, 2.24) is 5.32 Å². The lowest BCUT2D eigenvalue weighted by Gasteiger charge is -2.33. The largest absolute Gasteiger partial charge is 0.329 e. The number of thiophene rings is 1. The molecule has 15 heavy (non-hydrogen) atoms. The van der Waals surface area contributed by atoms with Crippen LogP contribution in [0.2, 0.25) is 0 Å². The van der Waals surface area contributed by atoms with Crippen LogP contribution in [0.5, 0.6) is 0 Å². The fourth-order valence-corrected chi connectivity index (χ4v) is 2.67. The molecule has 0 aliphatic rings. The quantitative estimate of drug-likeness (QED) is 0.875. The molecule has 86 valence electrons. The van der Waals surface area contributed by atoms with Gasteiger partial charge in [-0.3, -0.25) is 0 Å². The summed E-state index contributed by atoms with van der Waals surface area (Å²) >= 11 is 5.23. The molecular formula is C11H19BrN2S. The van der Waals surface area contributed by atoms with E-state index in [2.05, 4.69) is 54.2 Å². The van der Waals surface area contributed by atoms with Crippen LogP contribution in [0.3, 0.4) is 0 Å². The molecule has 0 amide bonds. The second-order valence-corrected chi connectivity index (χ2v) is 6.88. The Balaban J connectivity index is 2.55. The zero-order valence-electron chi connectivity index (χ0n) is 9.51. The number of hydrogen-bond acceptors (Lipinski definition) is 3. The highest BCUT2D eigenvalue weighted by atomic mass is 79.9. The summed E-state index contributed by atoms with van der Waals surface area (Å²) in [5.41, 5.74) is 5.83. The number of rotatable bonds is 5. The van der Waals surface area contributed by atoms with E-state index in [0.29, 0.717) is 12.5 Å². The molecule has 0 spiro atoms. The minimum absolute atomic E-state index is 0.0243. The van der Waals surface area contributed by atoms with Crippen molar-refractivity contribution in [2.75, 3.05) is 6.54 Å². The van der Waals surface area contributed by atoms with Gasteiger partial charge in [0, 0.05) is 23.5 Å². The topological polar surface area (TPSA) is 38.0 Å². The Morgan fingerprint density at radius 1 is 1.53 bits per heavy atom. The van der Waals surface area contributed by atoms with Crippen LogP contribution in [-0.4, -0.2) is 12.1 Å². The van der Waals surface area contributed by atoms with Gasteiger partial charge in [-0.25, -0.2) is 0 Å². The molecule has 0 aliphatic heterocycles. The summed E-state index contributed by atoms with van der Waals surface area (Å²) in [5.74, 6) is 0.533. The number of halogens is 1. The van der Waals surface area contributed by atoms with E-state index in [1.165, 1.54) is 8.66 Å². The second kappa shape index (κ2) is 5.43. The number of nitrogens with one attached hydrogen (secondary N) is 1. The van der Waals surface area contributed by atoms with E-state index in [0.717, 1.165) is 6.54 Å². The van der Waals surface area contributed by atoms with Gasteiger partial charge in [0.15, 0.2) is 0 Å². The maximum Gasteiger partial charge on any atom is 0.0701 e. The molecule has 0 saturated heterocycles. The predicted molar refractivity (Wildman–Crippen MR) is 71.2 cm³/mol. The molecule has 0 fully saturated rings. The van der Waals surface area contributed by atoms with Crippen LogP contribution in [0.25, 0.3) is 0 Å². The van der Waals surface area contributed by atoms with Gasteiger partial charge in [0.1, 0.15) is 0 Å². The van der Waals surface area contributed by atoms with Gasteiger partial charge in [0.2, 0.25) is 0 Å². The van der Waals surface area contributed by atoms with Crippen molar-refractivity contribution in [2.24, 2.45) is 11.7 Å². The lowest BCUT2D eigenvalue weighted by molar-refractivity contribution is 0.268. The van der Waals surface area contributed by atoms with Crippen molar-refractivity contribution in [2.45, 2.75) is 32.9 Å². The Bertz CT molecular complexity index is 311. The maximum absolute atomic E-state index is 5.81. The Morgan fingerprint density at radius 3 is 2.60 bits per heavy atom. The fourth-order valence-electron chi connectivity index (χ4n) is 1.25. The summed E-state index contributed by atoms with van der Waals surface area (Å²) in [6.45, 7) is 8.13. The van der Waals surface area contributed by atoms with Crippen LogP contribution >= 0.6 is 27.3 Å². The van der Waals surface area contributed by atoms with Gasteiger partial charge < -0.3 is 11.1 Å². The molecule has 3 N–H and O–H groups in total. The van der Waals surface area contributed by atoms with Crippen molar-refractivity contribution < 1.29 is 0 Å². The van der Waals surface area contributed by atoms with E-state index >= 15 is 0 Å². The lowest BCUT2D eigenvalue weighted by Crippen LogP contribution is -2.52. The number of nitrogens with two attached hydrogens (primary N) is 1. The molecule has 1 aromatic rings. The zero-order chi connectivity index (χ0) is 11.5. The summed E-state index contributed by atoms with van der Waals surface area (Å²) in [6, 6.07) is 4.22. The van der Waals surface area contributed by atoms with Gasteiger partial charge in [0.05, 0.1) is 3.79 Å². The normalized spacial score (nSPS) is 15.6. The molecule has 0 saturated carbocycles. The van der Waals surface area contributed by atoms with Gasteiger partial charge >= 0.3 is 0 Å². The molecule has 4 heteroatoms. The molecule has 0 aliphatic carbocycles. The standard InChI is InChI=1S/C11H19BrN2S/c1-8(2)11(3,7-13)14-6-9-4-5-10(12)15-9/h4-5,8,14H,6-7,13H2,1-3H3. The van der Waals surface area contributed by atoms with Gasteiger partial charge in [-0.2, -0.15) is 0 Å². The lowest BCUT2D eigenvalue weighted by atomic mass is 9.88. The van der Waals surface area contributed by atoms with Crippen molar-refractivity contribution in [3.63, 3.8) is 0 Å². The van der Waals surface area contributed by atoms with Crippen LogP contribution in [0.1, 0.15) is 25.6 Å². The summed E-state index contributed by atoms with van der Waals surface area (Å²) in [6.07, 6.45) is 0. The second-order valence-electron chi connectivity index (χ2n) is 4.34. The number of hydrogen-bond donors (Lipinski definition) is 2. The van der Waals surface area contributed by atoms with E-state index in [9.17, 15) is 0 Å². The molecule has 2 nitrogen and oxygen atoms in total. The first kappa shape index (κ1) is 13.2. The van der Waals surface area contributed by atoms with E-state index < -0.39 is 0 Å². The maximum atomic E-state index is 5.81. The van der Waals surface area contributed by atoms with Gasteiger partial charge in [-0.05, 0) is 40.9 Å². The summed E-state index contributed by atoms with van der Waals surface area (Å²) < 4.78 is 1.18. The first-order valence-corrected chi connectivity index (χ1v) is 6.78. The van der Waals surface area contributed by atoms with E-state index in [1.807, 2.05) is 0 Å². The highest BCUT2D eigenvalue weighted by molar-refractivity contribution is 9.11. The summed E-state index contributed by atoms with van der Waals surface area (Å²) in [7, 11) is 0. The first-order valence-electron chi connectivity index (χ1n) is 5.17. The van der Waals surface area contributed by atoms with Crippen molar-refractivity contribution in [3.8, 4) is 0 Å². The molecule has 0 aromatic carbocycles. The van der Waals surface area contributed by atoms with Gasteiger partial charge in [-0.1, -0.05) is 13.8 Å². The van der Waals surface area contributed by atoms with E-state index in [-0.39, 0.29) is 5.54 Å². The van der Waals surface area contributed by atoms with Crippen LogP contribution in [0.15, 0.2) is 15.9 Å². The molecule has 1 aromatic heterocycles. The van der Waals surface area contributed by atoms with E-state index in [4.69, 9.17) is 5.73 Å². The van der Waals surface area contributed by atoms with Crippen molar-refractivity contribution in [3.05, 3.63) is 20.8 Å². The zero-order valence-corrected chi connectivity index (χ0v) is 11.9. The van der Waals surface area contributed by atoms with Crippen LogP contribution < -0.4 is 11.1 Å². The van der Waals surface area contributed by atoms with E-state index in [1.54, 1.807) is 11.3 Å². The van der Waals surface area contributed by atoms with Gasteiger partial charge in [-0.15, -0.1) is 11.3 Å². The minimum atomic E-state index is 0.0243. The monoisotopic (exact) mass is 290 g/mol. The highest BCUT2D eigenvalue weighted by Gasteiger charge is 2.25. The smallest absolute Gasteiger partial charge is 0.0701 e. The molecular weight excluding hydrogens is 272 g/mol. The van der Waals surface area contributed by atoms with Crippen LogP contribution in [-0.2, 0) is 6.54 Å². The molecule has 0 bridgehead atoms. The first-order chi connectivity index (χ1) is 6.98. The predicted octanol–water partition coefficient (Wildman–Crippen LogP) is 2.97. The molecule has 1 unspecified atom stereocenters. The average molecular weight is 291 g/mol. The SMILES string of the molecule is CC(C)C(C)(CN)NCc1ccc(Br)s1. The Labute approximate surface area is 104 Å². The van der Waals surface area contributed by atoms with Crippen molar-refractivity contribution >= 4 is 27.3 Å². The fraction of sp³-hybridized carbons (Fsp3) is 0.636. The average Bonchev–Trinajstić information content (AvgIpc) is 2.60. The van der Waals surface area contributed by atoms with Crippen LogP contribution in [0.4, 0.5) is 0 Å². The Morgan fingerprint density at radius 2 is 2.20 bits per heavy atom. The highest BCUT2D eigenvalue weighted by Crippen LogP contribution is 2.23. The summed E-state index contributed by atoms with van der Waals surface area (Å²) in [4.78, 5) is 1.34. The molecule has 1 heterocycles. The van der Waals surface area contributed by atoms with Crippen LogP contribution in [0, 0.1) is 5.92 Å². The summed E-state index contributed by atoms with van der Waals surface area (Å²) in [5, 5.41) is 3.54.